The molecule has 0 radical (unpaired) electrons. The van der Waals surface area contributed by atoms with Gasteiger partial charge in [0, 0.05) is 23.9 Å². The Bertz CT molecular complexity index is 528. The van der Waals surface area contributed by atoms with Gasteiger partial charge in [-0.05, 0) is 37.5 Å². The molecule has 0 aromatic heterocycles. The molecule has 1 aromatic carbocycles. The van der Waals surface area contributed by atoms with Gasteiger partial charge in [0.2, 0.25) is 11.8 Å². The first-order chi connectivity index (χ1) is 10.1. The molecule has 2 rings (SSSR count). The molecule has 1 unspecified atom stereocenters. The third-order valence-electron chi connectivity index (χ3n) is 3.41. The van der Waals surface area contributed by atoms with Crippen LogP contribution in [0.2, 0.25) is 5.02 Å². The van der Waals surface area contributed by atoms with Crippen molar-refractivity contribution in [3.8, 4) is 0 Å². The monoisotopic (exact) mass is 310 g/mol. The van der Waals surface area contributed by atoms with E-state index in [-0.39, 0.29) is 24.3 Å². The van der Waals surface area contributed by atoms with Crippen LogP contribution >= 0.6 is 11.6 Å². The molecule has 6 heteroatoms. The first kappa shape index (κ1) is 15.8. The van der Waals surface area contributed by atoms with Crippen LogP contribution in [0.4, 0.5) is 5.69 Å². The quantitative estimate of drug-likeness (QED) is 0.820. The summed E-state index contributed by atoms with van der Waals surface area (Å²) in [6.07, 6.45) is 1.84. The Morgan fingerprint density at radius 3 is 2.90 bits per heavy atom. The minimum atomic E-state index is -0.356. The summed E-state index contributed by atoms with van der Waals surface area (Å²) < 4.78 is 5.40. The standard InChI is InChI=1S/C15H19ClN2O3/c1-10-12(16)5-2-6-13(10)18-15(20)8-14(19)17-9-11-4-3-7-21-11/h2,5-6,11H,3-4,7-9H2,1H3,(H,17,19)(H,18,20). The number of rotatable bonds is 5. The molecule has 1 aromatic rings. The molecule has 1 aliphatic rings. The minimum Gasteiger partial charge on any atom is -0.376 e. The van der Waals surface area contributed by atoms with E-state index in [4.69, 9.17) is 16.3 Å². The normalized spacial score (nSPS) is 17.5. The minimum absolute atomic E-state index is 0.0761. The molecule has 1 heterocycles. The van der Waals surface area contributed by atoms with E-state index in [1.54, 1.807) is 18.2 Å². The molecule has 1 fully saturated rings. The van der Waals surface area contributed by atoms with Crippen molar-refractivity contribution in [2.45, 2.75) is 32.3 Å². The van der Waals surface area contributed by atoms with Gasteiger partial charge in [0.15, 0.2) is 0 Å². The Balaban J connectivity index is 1.78. The van der Waals surface area contributed by atoms with Gasteiger partial charge in [-0.25, -0.2) is 0 Å². The maximum atomic E-state index is 11.8. The highest BCUT2D eigenvalue weighted by Gasteiger charge is 2.17. The Morgan fingerprint density at radius 2 is 2.19 bits per heavy atom. The molecule has 114 valence electrons. The van der Waals surface area contributed by atoms with E-state index in [9.17, 15) is 9.59 Å². The van der Waals surface area contributed by atoms with Crippen LogP contribution in [0.15, 0.2) is 18.2 Å². The van der Waals surface area contributed by atoms with E-state index in [0.717, 1.165) is 25.0 Å². The lowest BCUT2D eigenvalue weighted by Gasteiger charge is -2.12. The molecule has 0 bridgehead atoms. The van der Waals surface area contributed by atoms with Crippen LogP contribution in [0.1, 0.15) is 24.8 Å². The second kappa shape index (κ2) is 7.43. The summed E-state index contributed by atoms with van der Waals surface area (Å²) in [6.45, 7) is 3.02. The number of carbonyl (C=O) groups excluding carboxylic acids is 2. The molecule has 1 aliphatic heterocycles. The third-order valence-corrected chi connectivity index (χ3v) is 3.82. The molecule has 2 amide bonds. The summed E-state index contributed by atoms with van der Waals surface area (Å²) in [4.78, 5) is 23.5. The Morgan fingerprint density at radius 1 is 1.38 bits per heavy atom. The lowest BCUT2D eigenvalue weighted by molar-refractivity contribution is -0.127. The van der Waals surface area contributed by atoms with Gasteiger partial charge >= 0.3 is 0 Å². The topological polar surface area (TPSA) is 67.4 Å². The summed E-state index contributed by atoms with van der Waals surface area (Å²) in [5.74, 6) is -0.659. The van der Waals surface area contributed by atoms with Gasteiger partial charge in [-0.2, -0.15) is 0 Å². The van der Waals surface area contributed by atoms with Crippen LogP contribution < -0.4 is 10.6 Å². The van der Waals surface area contributed by atoms with Crippen molar-refractivity contribution in [3.63, 3.8) is 0 Å². The van der Waals surface area contributed by atoms with Gasteiger partial charge in [0.1, 0.15) is 6.42 Å². The zero-order valence-corrected chi connectivity index (χ0v) is 12.7. The Kier molecular flexibility index (Phi) is 5.59. The number of carbonyl (C=O) groups is 2. The predicted octanol–water partition coefficient (Wildman–Crippen LogP) is 2.27. The molecule has 0 saturated carbocycles. The number of halogens is 1. The number of hydrogen-bond donors (Lipinski definition) is 2. The zero-order valence-electron chi connectivity index (χ0n) is 11.9. The van der Waals surface area contributed by atoms with Crippen molar-refractivity contribution in [1.82, 2.24) is 5.32 Å². The lowest BCUT2D eigenvalue weighted by Crippen LogP contribution is -2.34. The number of anilines is 1. The smallest absolute Gasteiger partial charge is 0.233 e. The number of amides is 2. The molecule has 0 spiro atoms. The van der Waals surface area contributed by atoms with Crippen LogP contribution in [0.25, 0.3) is 0 Å². The molecule has 1 atom stereocenters. The van der Waals surface area contributed by atoms with E-state index < -0.39 is 0 Å². The van der Waals surface area contributed by atoms with Crippen LogP contribution in [-0.2, 0) is 14.3 Å². The van der Waals surface area contributed by atoms with Crippen molar-refractivity contribution in [2.75, 3.05) is 18.5 Å². The van der Waals surface area contributed by atoms with E-state index >= 15 is 0 Å². The van der Waals surface area contributed by atoms with Crippen LogP contribution in [0.3, 0.4) is 0 Å². The molecule has 5 nitrogen and oxygen atoms in total. The largest absolute Gasteiger partial charge is 0.376 e. The predicted molar refractivity (Wildman–Crippen MR) is 81.4 cm³/mol. The van der Waals surface area contributed by atoms with Gasteiger partial charge in [0.05, 0.1) is 6.10 Å². The highest BCUT2D eigenvalue weighted by molar-refractivity contribution is 6.31. The summed E-state index contributed by atoms with van der Waals surface area (Å²) in [6, 6.07) is 5.26. The second-order valence-corrected chi connectivity index (χ2v) is 5.48. The van der Waals surface area contributed by atoms with E-state index in [0.29, 0.717) is 17.3 Å². The third kappa shape index (κ3) is 4.72. The maximum absolute atomic E-state index is 11.8. The average Bonchev–Trinajstić information content (AvgIpc) is 2.95. The van der Waals surface area contributed by atoms with Crippen LogP contribution in [0, 0.1) is 6.92 Å². The molecular weight excluding hydrogens is 292 g/mol. The van der Waals surface area contributed by atoms with Crippen molar-refractivity contribution >= 4 is 29.1 Å². The molecule has 1 saturated heterocycles. The average molecular weight is 311 g/mol. The lowest BCUT2D eigenvalue weighted by atomic mass is 10.2. The van der Waals surface area contributed by atoms with Gasteiger partial charge in [0.25, 0.3) is 0 Å². The fourth-order valence-corrected chi connectivity index (χ4v) is 2.35. The zero-order chi connectivity index (χ0) is 15.2. The highest BCUT2D eigenvalue weighted by Crippen LogP contribution is 2.22. The highest BCUT2D eigenvalue weighted by atomic mass is 35.5. The number of hydrogen-bond acceptors (Lipinski definition) is 3. The Hall–Kier alpha value is -1.59. The first-order valence-electron chi connectivity index (χ1n) is 6.99. The van der Waals surface area contributed by atoms with Crippen LogP contribution in [0.5, 0.6) is 0 Å². The van der Waals surface area contributed by atoms with Crippen molar-refractivity contribution in [3.05, 3.63) is 28.8 Å². The van der Waals surface area contributed by atoms with E-state index in [1.165, 1.54) is 0 Å². The second-order valence-electron chi connectivity index (χ2n) is 5.08. The number of benzene rings is 1. The molecular formula is C15H19ClN2O3. The molecule has 2 N–H and O–H groups in total. The molecule has 21 heavy (non-hydrogen) atoms. The number of ether oxygens (including phenoxy) is 1. The van der Waals surface area contributed by atoms with Gasteiger partial charge in [-0.15, -0.1) is 0 Å². The first-order valence-corrected chi connectivity index (χ1v) is 7.37. The summed E-state index contributed by atoms with van der Waals surface area (Å²) >= 11 is 5.98. The van der Waals surface area contributed by atoms with Gasteiger partial charge in [-0.1, -0.05) is 17.7 Å². The van der Waals surface area contributed by atoms with Crippen LogP contribution in [-0.4, -0.2) is 31.1 Å². The number of nitrogens with one attached hydrogen (secondary N) is 2. The van der Waals surface area contributed by atoms with Crippen molar-refractivity contribution < 1.29 is 14.3 Å². The van der Waals surface area contributed by atoms with Gasteiger partial charge < -0.3 is 15.4 Å². The Labute approximate surface area is 129 Å². The molecule has 0 aliphatic carbocycles. The SMILES string of the molecule is Cc1c(Cl)cccc1NC(=O)CC(=O)NCC1CCCO1. The summed E-state index contributed by atoms with van der Waals surface area (Å²) in [5, 5.41) is 5.99. The maximum Gasteiger partial charge on any atom is 0.233 e. The fraction of sp³-hybridized carbons (Fsp3) is 0.467. The van der Waals surface area contributed by atoms with Crippen molar-refractivity contribution in [1.29, 1.82) is 0 Å². The fourth-order valence-electron chi connectivity index (χ4n) is 2.18. The van der Waals surface area contributed by atoms with E-state index in [1.807, 2.05) is 6.92 Å². The van der Waals surface area contributed by atoms with Gasteiger partial charge in [-0.3, -0.25) is 9.59 Å². The summed E-state index contributed by atoms with van der Waals surface area (Å²) in [5.41, 5.74) is 1.41. The van der Waals surface area contributed by atoms with E-state index in [2.05, 4.69) is 10.6 Å². The van der Waals surface area contributed by atoms with Crippen molar-refractivity contribution in [2.24, 2.45) is 0 Å². The summed E-state index contributed by atoms with van der Waals surface area (Å²) in [7, 11) is 0.